The highest BCUT2D eigenvalue weighted by molar-refractivity contribution is 6.03. The van der Waals surface area contributed by atoms with E-state index in [1.54, 1.807) is 56.7 Å². The number of ether oxygens (including phenoxy) is 2. The van der Waals surface area contributed by atoms with Crippen molar-refractivity contribution in [2.75, 3.05) is 24.9 Å². The Balaban J connectivity index is 1.43. The van der Waals surface area contributed by atoms with E-state index in [-0.39, 0.29) is 11.9 Å². The van der Waals surface area contributed by atoms with Crippen LogP contribution in [0.15, 0.2) is 71.4 Å². The summed E-state index contributed by atoms with van der Waals surface area (Å²) < 4.78 is 16.5. The maximum Gasteiger partial charge on any atom is 0.302 e. The average molecular weight is 441 g/mol. The Morgan fingerprint density at radius 1 is 0.909 bits per heavy atom. The zero-order valence-corrected chi connectivity index (χ0v) is 17.8. The predicted molar refractivity (Wildman–Crippen MR) is 124 cm³/mol. The van der Waals surface area contributed by atoms with Crippen LogP contribution in [-0.2, 0) is 0 Å². The van der Waals surface area contributed by atoms with Gasteiger partial charge >= 0.3 is 6.01 Å². The van der Waals surface area contributed by atoms with E-state index in [2.05, 4.69) is 25.6 Å². The number of nitrogens with one attached hydrogen (secondary N) is 2. The highest BCUT2D eigenvalue weighted by Gasteiger charge is 2.14. The van der Waals surface area contributed by atoms with Gasteiger partial charge in [-0.05, 0) is 30.3 Å². The van der Waals surface area contributed by atoms with Crippen LogP contribution < -0.4 is 20.1 Å². The first-order chi connectivity index (χ1) is 16.1. The van der Waals surface area contributed by atoms with Crippen molar-refractivity contribution in [2.24, 2.45) is 0 Å². The van der Waals surface area contributed by atoms with Gasteiger partial charge in [0, 0.05) is 28.8 Å². The third-order valence-electron chi connectivity index (χ3n) is 5.05. The number of rotatable bonds is 6. The second-order valence-corrected chi connectivity index (χ2v) is 7.09. The minimum absolute atomic E-state index is 0.125. The van der Waals surface area contributed by atoms with Crippen molar-refractivity contribution in [1.29, 1.82) is 0 Å². The van der Waals surface area contributed by atoms with Crippen LogP contribution in [0.4, 0.5) is 17.5 Å². The molecule has 1 amide bonds. The first kappa shape index (κ1) is 20.3. The van der Waals surface area contributed by atoms with E-state index < -0.39 is 0 Å². The normalized spacial score (nSPS) is 10.8. The summed E-state index contributed by atoms with van der Waals surface area (Å²) >= 11 is 0. The van der Waals surface area contributed by atoms with Crippen LogP contribution in [0.3, 0.4) is 0 Å². The van der Waals surface area contributed by atoms with Crippen molar-refractivity contribution < 1.29 is 18.7 Å². The van der Waals surface area contributed by atoms with Crippen molar-refractivity contribution in [3.05, 3.63) is 72.6 Å². The predicted octanol–water partition coefficient (Wildman–Crippen LogP) is 4.78. The van der Waals surface area contributed by atoms with Crippen molar-refractivity contribution in [3.63, 3.8) is 0 Å². The summed E-state index contributed by atoms with van der Waals surface area (Å²) in [7, 11) is 3.15. The standard InChI is InChI=1S/C24H19N5O4/c1-31-20-11-16-18(12-21(20)32-2)25-13-26-22(16)27-15-8-9-17-19(10-15)33-24(28-17)29-23(30)14-6-4-3-5-7-14/h3-13H,1-2H3,(H,25,26,27)(H,28,29,30). The maximum absolute atomic E-state index is 12.4. The molecule has 0 saturated carbocycles. The van der Waals surface area contributed by atoms with Gasteiger partial charge in [-0.25, -0.2) is 9.97 Å². The highest BCUT2D eigenvalue weighted by atomic mass is 16.5. The number of benzene rings is 3. The molecule has 5 aromatic rings. The average Bonchev–Trinajstić information content (AvgIpc) is 3.25. The van der Waals surface area contributed by atoms with Gasteiger partial charge in [0.1, 0.15) is 17.7 Å². The number of nitrogens with zero attached hydrogens (tertiary/aromatic N) is 3. The summed E-state index contributed by atoms with van der Waals surface area (Å²) in [6.07, 6.45) is 1.47. The molecule has 0 spiro atoms. The molecule has 9 heteroatoms. The molecule has 0 bridgehead atoms. The van der Waals surface area contributed by atoms with Crippen LogP contribution >= 0.6 is 0 Å². The molecule has 3 aromatic carbocycles. The second-order valence-electron chi connectivity index (χ2n) is 7.09. The van der Waals surface area contributed by atoms with Gasteiger partial charge < -0.3 is 19.2 Å². The minimum atomic E-state index is -0.294. The monoisotopic (exact) mass is 441 g/mol. The lowest BCUT2D eigenvalue weighted by molar-refractivity contribution is 0.102. The van der Waals surface area contributed by atoms with Crippen LogP contribution in [-0.4, -0.2) is 35.1 Å². The van der Waals surface area contributed by atoms with E-state index in [1.807, 2.05) is 18.2 Å². The van der Waals surface area contributed by atoms with Gasteiger partial charge in [0.25, 0.3) is 5.91 Å². The van der Waals surface area contributed by atoms with Crippen molar-refractivity contribution in [2.45, 2.75) is 0 Å². The molecule has 9 nitrogen and oxygen atoms in total. The summed E-state index contributed by atoms with van der Waals surface area (Å²) in [6.45, 7) is 0. The first-order valence-corrected chi connectivity index (χ1v) is 10.1. The molecule has 2 heterocycles. The molecule has 0 atom stereocenters. The Morgan fingerprint density at radius 3 is 2.48 bits per heavy atom. The van der Waals surface area contributed by atoms with E-state index in [0.29, 0.717) is 39.5 Å². The summed E-state index contributed by atoms with van der Waals surface area (Å²) in [4.78, 5) is 25.4. The van der Waals surface area contributed by atoms with Crippen LogP contribution in [0.25, 0.3) is 22.0 Å². The molecule has 0 fully saturated rings. The number of carbonyl (C=O) groups excluding carboxylic acids is 1. The van der Waals surface area contributed by atoms with E-state index in [0.717, 1.165) is 11.1 Å². The third-order valence-corrected chi connectivity index (χ3v) is 5.05. The second kappa shape index (κ2) is 8.46. The molecular weight excluding hydrogens is 422 g/mol. The van der Waals surface area contributed by atoms with Crippen molar-refractivity contribution in [1.82, 2.24) is 15.0 Å². The number of methoxy groups -OCH3 is 2. The minimum Gasteiger partial charge on any atom is -0.493 e. The largest absolute Gasteiger partial charge is 0.493 e. The summed E-state index contributed by atoms with van der Waals surface area (Å²) in [6, 6.07) is 18.0. The summed E-state index contributed by atoms with van der Waals surface area (Å²) in [5.74, 6) is 1.46. The summed E-state index contributed by atoms with van der Waals surface area (Å²) in [5, 5.41) is 6.73. The quantitative estimate of drug-likeness (QED) is 0.387. The van der Waals surface area contributed by atoms with Gasteiger partial charge in [-0.2, -0.15) is 4.98 Å². The number of hydrogen-bond acceptors (Lipinski definition) is 8. The van der Waals surface area contributed by atoms with Crippen molar-refractivity contribution in [3.8, 4) is 11.5 Å². The molecule has 33 heavy (non-hydrogen) atoms. The maximum atomic E-state index is 12.4. The Labute approximate surface area is 188 Å². The van der Waals surface area contributed by atoms with Gasteiger partial charge in [0.2, 0.25) is 0 Å². The molecule has 2 N–H and O–H groups in total. The lowest BCUT2D eigenvalue weighted by atomic mass is 10.2. The zero-order chi connectivity index (χ0) is 22.8. The van der Waals surface area contributed by atoms with Crippen LogP contribution in [0.5, 0.6) is 11.5 Å². The number of oxazole rings is 1. The molecule has 0 saturated heterocycles. The lowest BCUT2D eigenvalue weighted by Gasteiger charge is -2.12. The topological polar surface area (TPSA) is 111 Å². The fraction of sp³-hybridized carbons (Fsp3) is 0.0833. The summed E-state index contributed by atoms with van der Waals surface area (Å²) in [5.41, 5.74) is 3.08. The fourth-order valence-corrected chi connectivity index (χ4v) is 3.43. The van der Waals surface area contributed by atoms with Crippen LogP contribution in [0.1, 0.15) is 10.4 Å². The SMILES string of the molecule is COc1cc2ncnc(Nc3ccc4nc(NC(=O)c5ccccc5)oc4c3)c2cc1OC. The van der Waals surface area contributed by atoms with Gasteiger partial charge in [0.05, 0.1) is 19.7 Å². The molecule has 5 rings (SSSR count). The van der Waals surface area contributed by atoms with E-state index >= 15 is 0 Å². The highest BCUT2D eigenvalue weighted by Crippen LogP contribution is 2.34. The Kier molecular flexibility index (Phi) is 5.19. The number of anilines is 3. The van der Waals surface area contributed by atoms with E-state index in [9.17, 15) is 4.79 Å². The molecule has 2 aromatic heterocycles. The molecule has 0 aliphatic heterocycles. The van der Waals surface area contributed by atoms with Gasteiger partial charge in [-0.3, -0.25) is 10.1 Å². The van der Waals surface area contributed by atoms with Crippen molar-refractivity contribution >= 4 is 45.4 Å². The van der Waals surface area contributed by atoms with Crippen LogP contribution in [0, 0.1) is 0 Å². The molecule has 0 radical (unpaired) electrons. The number of amides is 1. The number of carbonyl (C=O) groups is 1. The van der Waals surface area contributed by atoms with E-state index in [4.69, 9.17) is 13.9 Å². The van der Waals surface area contributed by atoms with Gasteiger partial charge in [0.15, 0.2) is 17.1 Å². The van der Waals surface area contributed by atoms with Crippen LogP contribution in [0.2, 0.25) is 0 Å². The van der Waals surface area contributed by atoms with E-state index in [1.165, 1.54) is 6.33 Å². The first-order valence-electron chi connectivity index (χ1n) is 10.1. The van der Waals surface area contributed by atoms with Gasteiger partial charge in [-0.15, -0.1) is 0 Å². The number of aromatic nitrogens is 3. The van der Waals surface area contributed by atoms with Gasteiger partial charge in [-0.1, -0.05) is 18.2 Å². The smallest absolute Gasteiger partial charge is 0.302 e. The third kappa shape index (κ3) is 3.99. The zero-order valence-electron chi connectivity index (χ0n) is 17.8. The molecule has 0 aliphatic carbocycles. The fourth-order valence-electron chi connectivity index (χ4n) is 3.43. The molecular formula is C24H19N5O4. The molecule has 164 valence electrons. The molecule has 0 unspecified atom stereocenters. The number of hydrogen-bond donors (Lipinski definition) is 2. The molecule has 0 aliphatic rings. The number of fused-ring (bicyclic) bond motifs is 2. The Morgan fingerprint density at radius 2 is 1.70 bits per heavy atom. The lowest BCUT2D eigenvalue weighted by Crippen LogP contribution is -2.11. The Bertz CT molecular complexity index is 1470. The Hall–Kier alpha value is -4.66.